The zero-order valence-electron chi connectivity index (χ0n) is 10.5. The molecule has 0 spiro atoms. The maximum Gasteiger partial charge on any atom is 0.241 e. The predicted molar refractivity (Wildman–Crippen MR) is 73.3 cm³/mol. The molecule has 0 fully saturated rings. The minimum Gasteiger partial charge on any atom is -0.487 e. The number of nitrogens with two attached hydrogens (primary N) is 1. The van der Waals surface area contributed by atoms with Gasteiger partial charge in [0.05, 0.1) is 0 Å². The summed E-state index contributed by atoms with van der Waals surface area (Å²) in [6.07, 6.45) is 0. The van der Waals surface area contributed by atoms with Gasteiger partial charge in [-0.15, -0.1) is 0 Å². The van der Waals surface area contributed by atoms with E-state index in [0.717, 1.165) is 11.1 Å². The summed E-state index contributed by atoms with van der Waals surface area (Å²) in [5.74, 6) is 0.275. The van der Waals surface area contributed by atoms with Gasteiger partial charge < -0.3 is 4.74 Å². The van der Waals surface area contributed by atoms with Crippen LogP contribution in [0.15, 0.2) is 53.4 Å². The third kappa shape index (κ3) is 3.56. The molecule has 19 heavy (non-hydrogen) atoms. The van der Waals surface area contributed by atoms with Gasteiger partial charge in [-0.1, -0.05) is 36.4 Å². The molecule has 2 rings (SSSR count). The number of hydrogen-bond acceptors (Lipinski definition) is 3. The fourth-order valence-electron chi connectivity index (χ4n) is 1.69. The summed E-state index contributed by atoms with van der Waals surface area (Å²) < 4.78 is 28.6. The molecule has 4 nitrogen and oxygen atoms in total. The van der Waals surface area contributed by atoms with Gasteiger partial charge in [-0.2, -0.15) is 0 Å². The smallest absolute Gasteiger partial charge is 0.241 e. The topological polar surface area (TPSA) is 69.4 Å². The van der Waals surface area contributed by atoms with E-state index in [1.54, 1.807) is 19.1 Å². The largest absolute Gasteiger partial charge is 0.487 e. The number of sulfonamides is 1. The molecule has 0 aliphatic carbocycles. The van der Waals surface area contributed by atoms with Crippen molar-refractivity contribution in [2.75, 3.05) is 0 Å². The molecular weight excluding hydrogens is 262 g/mol. The maximum absolute atomic E-state index is 11.5. The zero-order valence-corrected chi connectivity index (χ0v) is 11.4. The van der Waals surface area contributed by atoms with Crippen LogP contribution in [-0.2, 0) is 16.6 Å². The number of benzene rings is 2. The fraction of sp³-hybridized carbons (Fsp3) is 0.143. The number of rotatable bonds is 4. The van der Waals surface area contributed by atoms with Crippen molar-refractivity contribution in [3.05, 3.63) is 59.7 Å². The van der Waals surface area contributed by atoms with Crippen molar-refractivity contribution in [3.63, 3.8) is 0 Å². The highest BCUT2D eigenvalue weighted by atomic mass is 32.2. The third-order valence-electron chi connectivity index (χ3n) is 2.64. The molecule has 0 bridgehead atoms. The molecule has 5 heteroatoms. The van der Waals surface area contributed by atoms with Crippen LogP contribution in [0.2, 0.25) is 0 Å². The molecule has 2 aromatic rings. The Bertz CT molecular complexity index is 666. The van der Waals surface area contributed by atoms with E-state index in [9.17, 15) is 8.42 Å². The van der Waals surface area contributed by atoms with Crippen LogP contribution in [0.1, 0.15) is 11.1 Å². The third-order valence-corrected chi connectivity index (χ3v) is 3.57. The van der Waals surface area contributed by atoms with Crippen molar-refractivity contribution in [1.29, 1.82) is 0 Å². The van der Waals surface area contributed by atoms with Gasteiger partial charge >= 0.3 is 0 Å². The van der Waals surface area contributed by atoms with E-state index in [0.29, 0.717) is 6.61 Å². The van der Waals surface area contributed by atoms with Crippen LogP contribution in [0.4, 0.5) is 0 Å². The van der Waals surface area contributed by atoms with Crippen molar-refractivity contribution in [1.82, 2.24) is 0 Å². The van der Waals surface area contributed by atoms with Crippen LogP contribution in [0.3, 0.4) is 0 Å². The Morgan fingerprint density at radius 2 is 1.79 bits per heavy atom. The molecule has 0 aliphatic heterocycles. The molecule has 0 amide bonds. The van der Waals surface area contributed by atoms with Gasteiger partial charge in [0.1, 0.15) is 17.3 Å². The van der Waals surface area contributed by atoms with Crippen LogP contribution in [0.5, 0.6) is 5.75 Å². The normalized spacial score (nSPS) is 11.3. The summed E-state index contributed by atoms with van der Waals surface area (Å²) in [6, 6.07) is 14.4. The summed E-state index contributed by atoms with van der Waals surface area (Å²) in [6.45, 7) is 2.10. The number of primary sulfonamides is 1. The minimum absolute atomic E-state index is 0.0171. The second-order valence-corrected chi connectivity index (χ2v) is 5.80. The monoisotopic (exact) mass is 277 g/mol. The predicted octanol–water partition coefficient (Wildman–Crippen LogP) is 2.22. The van der Waals surface area contributed by atoms with E-state index in [-0.39, 0.29) is 10.6 Å². The van der Waals surface area contributed by atoms with Gasteiger partial charge in [-0.05, 0) is 30.2 Å². The van der Waals surface area contributed by atoms with Crippen molar-refractivity contribution < 1.29 is 13.2 Å². The van der Waals surface area contributed by atoms with E-state index in [1.807, 2.05) is 30.3 Å². The summed E-state index contributed by atoms with van der Waals surface area (Å²) in [5.41, 5.74) is 1.78. The highest BCUT2D eigenvalue weighted by molar-refractivity contribution is 7.89. The van der Waals surface area contributed by atoms with Gasteiger partial charge in [0.2, 0.25) is 10.0 Å². The number of hydrogen-bond donors (Lipinski definition) is 1. The van der Waals surface area contributed by atoms with Gasteiger partial charge in [0.15, 0.2) is 0 Å². The molecule has 0 radical (unpaired) electrons. The summed E-state index contributed by atoms with van der Waals surface area (Å²) in [5, 5.41) is 5.19. The van der Waals surface area contributed by atoms with Crippen LogP contribution < -0.4 is 9.88 Å². The lowest BCUT2D eigenvalue weighted by Crippen LogP contribution is -2.14. The molecule has 0 aliphatic rings. The van der Waals surface area contributed by atoms with Crippen molar-refractivity contribution >= 4 is 10.0 Å². The summed E-state index contributed by atoms with van der Waals surface area (Å²) >= 11 is 0. The Balaban J connectivity index is 2.26. The first-order valence-corrected chi connectivity index (χ1v) is 7.31. The van der Waals surface area contributed by atoms with E-state index < -0.39 is 10.0 Å². The Labute approximate surface area is 112 Å². The Morgan fingerprint density at radius 1 is 1.11 bits per heavy atom. The second kappa shape index (κ2) is 5.42. The molecule has 100 valence electrons. The molecule has 0 atom stereocenters. The highest BCUT2D eigenvalue weighted by Crippen LogP contribution is 2.24. The molecule has 2 N–H and O–H groups in total. The lowest BCUT2D eigenvalue weighted by atomic mass is 10.2. The Morgan fingerprint density at radius 3 is 2.42 bits per heavy atom. The van der Waals surface area contributed by atoms with Gasteiger partial charge in [-0.3, -0.25) is 0 Å². The van der Waals surface area contributed by atoms with Crippen LogP contribution in [0.25, 0.3) is 0 Å². The van der Waals surface area contributed by atoms with Gasteiger partial charge in [0, 0.05) is 0 Å². The van der Waals surface area contributed by atoms with Crippen molar-refractivity contribution in [2.45, 2.75) is 18.4 Å². The standard InChI is InChI=1S/C14H15NO3S/c1-11-7-8-13(14(9-11)19(15,16)17)18-10-12-5-3-2-4-6-12/h2-9H,10H2,1H3,(H2,15,16,17). The van der Waals surface area contributed by atoms with Crippen LogP contribution in [0, 0.1) is 6.92 Å². The molecular formula is C14H15NO3S. The lowest BCUT2D eigenvalue weighted by Gasteiger charge is -2.11. The lowest BCUT2D eigenvalue weighted by molar-refractivity contribution is 0.298. The maximum atomic E-state index is 11.5. The molecule has 2 aromatic carbocycles. The molecule has 0 saturated heterocycles. The second-order valence-electron chi connectivity index (χ2n) is 4.27. The fourth-order valence-corrected chi connectivity index (χ4v) is 2.45. The molecule has 0 saturated carbocycles. The van der Waals surface area contributed by atoms with Crippen molar-refractivity contribution in [2.24, 2.45) is 5.14 Å². The van der Waals surface area contributed by atoms with Gasteiger partial charge in [-0.25, -0.2) is 13.6 Å². The average molecular weight is 277 g/mol. The molecule has 0 heterocycles. The highest BCUT2D eigenvalue weighted by Gasteiger charge is 2.15. The first-order chi connectivity index (χ1) is 8.97. The van der Waals surface area contributed by atoms with E-state index in [4.69, 9.17) is 9.88 Å². The minimum atomic E-state index is -3.79. The van der Waals surface area contributed by atoms with E-state index in [2.05, 4.69) is 0 Å². The summed E-state index contributed by atoms with van der Waals surface area (Å²) in [7, 11) is -3.79. The Kier molecular flexibility index (Phi) is 3.87. The number of ether oxygens (including phenoxy) is 1. The zero-order chi connectivity index (χ0) is 13.9. The van der Waals surface area contributed by atoms with E-state index >= 15 is 0 Å². The number of aryl methyl sites for hydroxylation is 1. The first-order valence-electron chi connectivity index (χ1n) is 5.77. The average Bonchev–Trinajstić information content (AvgIpc) is 2.37. The van der Waals surface area contributed by atoms with Crippen LogP contribution in [-0.4, -0.2) is 8.42 Å². The first kappa shape index (κ1) is 13.6. The van der Waals surface area contributed by atoms with Crippen molar-refractivity contribution in [3.8, 4) is 5.75 Å². The quantitative estimate of drug-likeness (QED) is 0.931. The molecule has 0 aromatic heterocycles. The molecule has 0 unspecified atom stereocenters. The Hall–Kier alpha value is -1.85. The SMILES string of the molecule is Cc1ccc(OCc2ccccc2)c(S(N)(=O)=O)c1. The van der Waals surface area contributed by atoms with E-state index in [1.165, 1.54) is 6.07 Å². The summed E-state index contributed by atoms with van der Waals surface area (Å²) in [4.78, 5) is 0.0171. The van der Waals surface area contributed by atoms with Crippen LogP contribution >= 0.6 is 0 Å². The van der Waals surface area contributed by atoms with Gasteiger partial charge in [0.25, 0.3) is 0 Å².